The molecule has 1 aromatic carbocycles. The van der Waals surface area contributed by atoms with Crippen LogP contribution in [0.1, 0.15) is 19.4 Å². The van der Waals surface area contributed by atoms with Crippen LogP contribution in [0, 0.1) is 0 Å². The Hall–Kier alpha value is -1.36. The average molecular weight is 314 g/mol. The zero-order valence-electron chi connectivity index (χ0n) is 10.9. The molecule has 0 aliphatic rings. The number of carbonyl (C=O) groups excluding carboxylic acids is 2. The highest BCUT2D eigenvalue weighted by Crippen LogP contribution is 2.29. The summed E-state index contributed by atoms with van der Waals surface area (Å²) in [4.78, 5) is 25.0. The van der Waals surface area contributed by atoms with Crippen LogP contribution in [-0.4, -0.2) is 30.9 Å². The van der Waals surface area contributed by atoms with Crippen molar-refractivity contribution in [2.45, 2.75) is 19.4 Å². The summed E-state index contributed by atoms with van der Waals surface area (Å²) in [5.41, 5.74) is -0.420. The molecule has 5 heteroatoms. The maximum Gasteiger partial charge on any atom is 0.336 e. The van der Waals surface area contributed by atoms with Crippen molar-refractivity contribution in [2.24, 2.45) is 0 Å². The normalized spacial score (nSPS) is 13.6. The first-order valence-electron chi connectivity index (χ1n) is 5.43. The summed E-state index contributed by atoms with van der Waals surface area (Å²) in [5, 5.41) is 0. The van der Waals surface area contributed by atoms with Gasteiger partial charge in [0, 0.05) is 18.4 Å². The molecule has 0 radical (unpaired) electrons. The molecule has 1 aromatic rings. The van der Waals surface area contributed by atoms with Crippen molar-refractivity contribution >= 4 is 27.8 Å². The largest absolute Gasteiger partial charge is 0.467 e. The second-order valence-electron chi connectivity index (χ2n) is 4.15. The third-order valence-electron chi connectivity index (χ3n) is 3.13. The predicted octanol–water partition coefficient (Wildman–Crippen LogP) is 2.32. The number of nitrogens with zero attached hydrogens (tertiary/aromatic N) is 1. The van der Waals surface area contributed by atoms with E-state index in [9.17, 15) is 9.59 Å². The van der Waals surface area contributed by atoms with E-state index in [0.717, 1.165) is 4.47 Å². The van der Waals surface area contributed by atoms with Gasteiger partial charge in [-0.25, -0.2) is 4.79 Å². The minimum Gasteiger partial charge on any atom is -0.467 e. The number of amides is 1. The van der Waals surface area contributed by atoms with Gasteiger partial charge in [-0.3, -0.25) is 4.79 Å². The molecule has 4 nitrogen and oxygen atoms in total. The Morgan fingerprint density at radius 3 is 2.17 bits per heavy atom. The lowest BCUT2D eigenvalue weighted by molar-refractivity contribution is -0.159. The first-order valence-corrected chi connectivity index (χ1v) is 6.22. The Bertz CT molecular complexity index is 458. The van der Waals surface area contributed by atoms with Crippen LogP contribution in [0.2, 0.25) is 0 Å². The van der Waals surface area contributed by atoms with E-state index >= 15 is 0 Å². The van der Waals surface area contributed by atoms with Crippen LogP contribution in [0.15, 0.2) is 28.7 Å². The van der Waals surface area contributed by atoms with Crippen molar-refractivity contribution in [1.82, 2.24) is 4.90 Å². The molecule has 0 aromatic heterocycles. The van der Waals surface area contributed by atoms with Crippen molar-refractivity contribution < 1.29 is 14.3 Å². The summed E-state index contributed by atoms with van der Waals surface area (Å²) in [5.74, 6) is -0.673. The SMILES string of the molecule is COC(=O)C(C)(c1ccc(Br)cc1)N(C)C(C)=O. The molecule has 1 amide bonds. The summed E-state index contributed by atoms with van der Waals surface area (Å²) >= 11 is 3.34. The molecule has 98 valence electrons. The molecule has 0 heterocycles. The number of carbonyl (C=O) groups is 2. The van der Waals surface area contributed by atoms with Gasteiger partial charge >= 0.3 is 5.97 Å². The minimum absolute atomic E-state index is 0.203. The summed E-state index contributed by atoms with van der Waals surface area (Å²) in [6.07, 6.45) is 0. The van der Waals surface area contributed by atoms with E-state index in [4.69, 9.17) is 4.74 Å². The fraction of sp³-hybridized carbons (Fsp3) is 0.385. The maximum absolute atomic E-state index is 12.0. The fourth-order valence-electron chi connectivity index (χ4n) is 1.74. The monoisotopic (exact) mass is 313 g/mol. The lowest BCUT2D eigenvalue weighted by atomic mass is 9.90. The number of methoxy groups -OCH3 is 1. The van der Waals surface area contributed by atoms with Crippen LogP contribution in [0.25, 0.3) is 0 Å². The minimum atomic E-state index is -1.12. The number of hydrogen-bond acceptors (Lipinski definition) is 3. The molecular formula is C13H16BrNO3. The zero-order valence-corrected chi connectivity index (χ0v) is 12.4. The molecular weight excluding hydrogens is 298 g/mol. The van der Waals surface area contributed by atoms with Gasteiger partial charge < -0.3 is 9.64 Å². The predicted molar refractivity (Wildman–Crippen MR) is 72.0 cm³/mol. The number of halogens is 1. The van der Waals surface area contributed by atoms with E-state index in [2.05, 4.69) is 15.9 Å². The lowest BCUT2D eigenvalue weighted by Crippen LogP contribution is -2.50. The standard InChI is InChI=1S/C13H16BrNO3/c1-9(16)15(3)13(2,12(17)18-4)10-5-7-11(14)8-6-10/h5-8H,1-4H3. The van der Waals surface area contributed by atoms with Crippen LogP contribution in [0.4, 0.5) is 0 Å². The number of benzene rings is 1. The zero-order chi connectivity index (χ0) is 13.9. The van der Waals surface area contributed by atoms with Gasteiger partial charge in [-0.05, 0) is 24.6 Å². The van der Waals surface area contributed by atoms with E-state index in [1.54, 1.807) is 26.1 Å². The van der Waals surface area contributed by atoms with Crippen LogP contribution in [-0.2, 0) is 19.9 Å². The first kappa shape index (κ1) is 14.7. The van der Waals surface area contributed by atoms with Gasteiger partial charge in [-0.15, -0.1) is 0 Å². The third kappa shape index (κ3) is 2.56. The van der Waals surface area contributed by atoms with E-state index in [-0.39, 0.29) is 5.91 Å². The summed E-state index contributed by atoms with van der Waals surface area (Å²) in [7, 11) is 2.90. The fourth-order valence-corrected chi connectivity index (χ4v) is 2.00. The molecule has 1 rings (SSSR count). The van der Waals surface area contributed by atoms with Gasteiger partial charge in [0.2, 0.25) is 5.91 Å². The Kier molecular flexibility index (Phi) is 4.51. The lowest BCUT2D eigenvalue weighted by Gasteiger charge is -2.36. The molecule has 1 atom stereocenters. The van der Waals surface area contributed by atoms with Crippen LogP contribution >= 0.6 is 15.9 Å². The Balaban J connectivity index is 3.32. The van der Waals surface area contributed by atoms with Gasteiger partial charge in [-0.1, -0.05) is 28.1 Å². The second-order valence-corrected chi connectivity index (χ2v) is 5.06. The first-order chi connectivity index (χ1) is 8.33. The smallest absolute Gasteiger partial charge is 0.336 e. The highest BCUT2D eigenvalue weighted by molar-refractivity contribution is 9.10. The molecule has 18 heavy (non-hydrogen) atoms. The number of ether oxygens (including phenoxy) is 1. The molecule has 0 aliphatic heterocycles. The van der Waals surface area contributed by atoms with Crippen molar-refractivity contribution in [3.63, 3.8) is 0 Å². The topological polar surface area (TPSA) is 46.6 Å². The maximum atomic E-state index is 12.0. The number of esters is 1. The van der Waals surface area contributed by atoms with E-state index in [1.807, 2.05) is 12.1 Å². The van der Waals surface area contributed by atoms with Crippen LogP contribution < -0.4 is 0 Å². The molecule has 0 saturated carbocycles. The summed E-state index contributed by atoms with van der Waals surface area (Å²) in [6, 6.07) is 7.23. The van der Waals surface area contributed by atoms with E-state index < -0.39 is 11.5 Å². The average Bonchev–Trinajstić information content (AvgIpc) is 2.36. The highest BCUT2D eigenvalue weighted by Gasteiger charge is 2.41. The van der Waals surface area contributed by atoms with Gasteiger partial charge in [-0.2, -0.15) is 0 Å². The number of hydrogen-bond donors (Lipinski definition) is 0. The second kappa shape index (κ2) is 5.52. The molecule has 0 spiro atoms. The van der Waals surface area contributed by atoms with Crippen molar-refractivity contribution in [3.05, 3.63) is 34.3 Å². The Morgan fingerprint density at radius 2 is 1.78 bits per heavy atom. The Labute approximate surface area is 115 Å². The van der Waals surface area contributed by atoms with Crippen molar-refractivity contribution in [1.29, 1.82) is 0 Å². The molecule has 0 N–H and O–H groups in total. The molecule has 0 bridgehead atoms. The molecule has 0 fully saturated rings. The van der Waals surface area contributed by atoms with Gasteiger partial charge in [0.25, 0.3) is 0 Å². The third-order valence-corrected chi connectivity index (χ3v) is 3.66. The number of rotatable bonds is 3. The van der Waals surface area contributed by atoms with Gasteiger partial charge in [0.05, 0.1) is 7.11 Å². The van der Waals surface area contributed by atoms with E-state index in [1.165, 1.54) is 18.9 Å². The van der Waals surface area contributed by atoms with Gasteiger partial charge in [0.15, 0.2) is 5.54 Å². The quantitative estimate of drug-likeness (QED) is 0.805. The van der Waals surface area contributed by atoms with Gasteiger partial charge in [0.1, 0.15) is 0 Å². The van der Waals surface area contributed by atoms with E-state index in [0.29, 0.717) is 5.56 Å². The number of likely N-dealkylation sites (N-methyl/N-ethyl adjacent to an activating group) is 1. The summed E-state index contributed by atoms with van der Waals surface area (Å²) < 4.78 is 5.73. The molecule has 0 aliphatic carbocycles. The molecule has 1 unspecified atom stereocenters. The molecule has 0 saturated heterocycles. The van der Waals surface area contributed by atoms with Crippen molar-refractivity contribution in [3.8, 4) is 0 Å². The van der Waals surface area contributed by atoms with Crippen LogP contribution in [0.5, 0.6) is 0 Å². The summed E-state index contributed by atoms with van der Waals surface area (Å²) in [6.45, 7) is 3.09. The van der Waals surface area contributed by atoms with Crippen LogP contribution in [0.3, 0.4) is 0 Å². The Morgan fingerprint density at radius 1 is 1.28 bits per heavy atom. The highest BCUT2D eigenvalue weighted by atomic mass is 79.9. The van der Waals surface area contributed by atoms with Crippen molar-refractivity contribution in [2.75, 3.05) is 14.2 Å².